The van der Waals surface area contributed by atoms with Gasteiger partial charge in [0.15, 0.2) is 12.6 Å². The summed E-state index contributed by atoms with van der Waals surface area (Å²) in [5.41, 5.74) is 7.40. The Kier molecular flexibility index (Phi) is 9.59. The van der Waals surface area contributed by atoms with E-state index in [1.165, 1.54) is 6.07 Å². The number of para-hydroxylation sites is 1. The van der Waals surface area contributed by atoms with Gasteiger partial charge in [-0.05, 0) is 74.4 Å². The van der Waals surface area contributed by atoms with Gasteiger partial charge >= 0.3 is 0 Å². The van der Waals surface area contributed by atoms with Crippen LogP contribution in [0.1, 0.15) is 51.6 Å². The van der Waals surface area contributed by atoms with E-state index in [1.54, 1.807) is 30.5 Å². The number of nitrogens with zero attached hydrogens (tertiary/aromatic N) is 3. The quantitative estimate of drug-likeness (QED) is 0.244. The second-order valence-corrected chi connectivity index (χ2v) is 8.56. The summed E-state index contributed by atoms with van der Waals surface area (Å²) in [5, 5.41) is 20.1. The molecular weight excluding hydrogens is 490 g/mol. The Hall–Kier alpha value is -4.91. The third-order valence-electron chi connectivity index (χ3n) is 5.81. The first-order valence-electron chi connectivity index (χ1n) is 12.5. The fraction of sp³-hybridized carbons (Fsp3) is 0.156. The molecule has 0 fully saturated rings. The van der Waals surface area contributed by atoms with Crippen molar-refractivity contribution in [1.29, 1.82) is 0 Å². The number of hydrogen-bond donors (Lipinski definition) is 2. The second-order valence-electron chi connectivity index (χ2n) is 8.56. The number of aldehydes is 2. The monoisotopic (exact) mass is 521 g/mol. The molecule has 5 aromatic rings. The molecule has 7 heteroatoms. The Labute approximate surface area is 227 Å². The molecule has 0 radical (unpaired) electrons. The van der Waals surface area contributed by atoms with E-state index in [9.17, 15) is 19.8 Å². The number of carbonyl (C=O) groups excluding carboxylic acids is 2. The van der Waals surface area contributed by atoms with E-state index in [2.05, 4.69) is 15.0 Å². The molecule has 0 amide bonds. The van der Waals surface area contributed by atoms with Gasteiger partial charge in [-0.15, -0.1) is 0 Å². The lowest BCUT2D eigenvalue weighted by atomic mass is 9.98. The van der Waals surface area contributed by atoms with Gasteiger partial charge in [0.1, 0.15) is 11.5 Å². The molecule has 2 aromatic heterocycles. The number of aromatic hydroxyl groups is 2. The highest BCUT2D eigenvalue weighted by molar-refractivity contribution is 5.96. The van der Waals surface area contributed by atoms with Crippen LogP contribution in [0, 0.1) is 20.8 Å². The van der Waals surface area contributed by atoms with Crippen molar-refractivity contribution in [3.05, 3.63) is 101 Å². The SMILES string of the molecule is CC.Cc1cc(-c2ccc(O)c(C=O)c2)c2ccccc2n1.Cc1cnc(C)c(-c2ccc(O)c(C=O)c2)n1. The molecule has 39 heavy (non-hydrogen) atoms. The largest absolute Gasteiger partial charge is 0.507 e. The third-order valence-corrected chi connectivity index (χ3v) is 5.81. The number of aryl methyl sites for hydroxylation is 3. The minimum Gasteiger partial charge on any atom is -0.507 e. The Morgan fingerprint density at radius 2 is 1.28 bits per heavy atom. The normalized spacial score (nSPS) is 10.1. The van der Waals surface area contributed by atoms with E-state index in [0.29, 0.717) is 18.1 Å². The van der Waals surface area contributed by atoms with Crippen LogP contribution >= 0.6 is 0 Å². The first kappa shape index (κ1) is 28.7. The summed E-state index contributed by atoms with van der Waals surface area (Å²) < 4.78 is 0. The molecule has 7 nitrogen and oxygen atoms in total. The molecule has 0 aliphatic rings. The molecule has 0 aliphatic heterocycles. The van der Waals surface area contributed by atoms with Gasteiger partial charge in [0, 0.05) is 22.8 Å². The van der Waals surface area contributed by atoms with Crippen LogP contribution in [-0.2, 0) is 0 Å². The smallest absolute Gasteiger partial charge is 0.153 e. The van der Waals surface area contributed by atoms with E-state index in [-0.39, 0.29) is 17.1 Å². The highest BCUT2D eigenvalue weighted by Gasteiger charge is 2.10. The lowest BCUT2D eigenvalue weighted by Gasteiger charge is -2.09. The number of rotatable bonds is 4. The van der Waals surface area contributed by atoms with Crippen LogP contribution in [0.5, 0.6) is 11.5 Å². The Morgan fingerprint density at radius 1 is 0.692 bits per heavy atom. The van der Waals surface area contributed by atoms with Crippen molar-refractivity contribution in [1.82, 2.24) is 15.0 Å². The molecule has 3 aromatic carbocycles. The summed E-state index contributed by atoms with van der Waals surface area (Å²) in [6, 6.07) is 19.7. The summed E-state index contributed by atoms with van der Waals surface area (Å²) in [6.07, 6.45) is 2.98. The van der Waals surface area contributed by atoms with Crippen LogP contribution in [0.2, 0.25) is 0 Å². The first-order chi connectivity index (χ1) is 18.8. The van der Waals surface area contributed by atoms with Gasteiger partial charge in [-0.25, -0.2) is 4.98 Å². The van der Waals surface area contributed by atoms with E-state index in [4.69, 9.17) is 0 Å². The predicted molar refractivity (Wildman–Crippen MR) is 154 cm³/mol. The zero-order chi connectivity index (χ0) is 28.5. The lowest BCUT2D eigenvalue weighted by molar-refractivity contribution is 0.111. The van der Waals surface area contributed by atoms with Gasteiger partial charge in [-0.3, -0.25) is 19.6 Å². The predicted octanol–water partition coefficient (Wildman–Crippen LogP) is 7.03. The third kappa shape index (κ3) is 6.70. The van der Waals surface area contributed by atoms with Crippen LogP contribution in [0.25, 0.3) is 33.3 Å². The zero-order valence-corrected chi connectivity index (χ0v) is 22.6. The molecule has 0 aliphatic carbocycles. The van der Waals surface area contributed by atoms with Gasteiger partial charge in [0.25, 0.3) is 0 Å². The summed E-state index contributed by atoms with van der Waals surface area (Å²) in [5.74, 6) is -0.0270. The molecule has 0 saturated heterocycles. The number of fused-ring (bicyclic) bond motifs is 1. The van der Waals surface area contributed by atoms with Gasteiger partial charge < -0.3 is 10.2 Å². The zero-order valence-electron chi connectivity index (χ0n) is 22.6. The number of phenolic OH excluding ortho intramolecular Hbond substituents is 2. The van der Waals surface area contributed by atoms with Gasteiger partial charge in [-0.2, -0.15) is 0 Å². The Morgan fingerprint density at radius 3 is 1.92 bits per heavy atom. The molecule has 0 spiro atoms. The highest BCUT2D eigenvalue weighted by atomic mass is 16.3. The van der Waals surface area contributed by atoms with E-state index < -0.39 is 0 Å². The first-order valence-corrected chi connectivity index (χ1v) is 12.5. The van der Waals surface area contributed by atoms with Crippen LogP contribution in [0.4, 0.5) is 0 Å². The number of carbonyl (C=O) groups is 2. The molecule has 0 unspecified atom stereocenters. The van der Waals surface area contributed by atoms with Crippen molar-refractivity contribution in [2.45, 2.75) is 34.6 Å². The maximum Gasteiger partial charge on any atom is 0.153 e. The fourth-order valence-electron chi connectivity index (χ4n) is 3.97. The molecule has 198 valence electrons. The average molecular weight is 522 g/mol. The molecule has 0 atom stereocenters. The minimum atomic E-state index is -0.0259. The summed E-state index contributed by atoms with van der Waals surface area (Å²) in [6.45, 7) is 9.66. The van der Waals surface area contributed by atoms with Crippen molar-refractivity contribution in [2.24, 2.45) is 0 Å². The van der Waals surface area contributed by atoms with Crippen LogP contribution in [-0.4, -0.2) is 37.7 Å². The van der Waals surface area contributed by atoms with Crippen molar-refractivity contribution >= 4 is 23.5 Å². The fourth-order valence-corrected chi connectivity index (χ4v) is 3.97. The molecule has 0 bridgehead atoms. The molecule has 2 heterocycles. The standard InChI is InChI=1S/C17H13NO2.C13H12N2O2.C2H6/c1-11-8-15(14-4-2-3-5-16(14)18-11)12-6-7-17(20)13(9-12)10-19;1-8-6-14-9(2)13(15-8)10-3-4-12(17)11(5-10)7-16;1-2/h2-10,20H,1H3;3-7,17H,1-2H3;1-2H3. The van der Waals surface area contributed by atoms with Crippen molar-refractivity contribution in [3.8, 4) is 33.9 Å². The van der Waals surface area contributed by atoms with E-state index in [1.807, 2.05) is 71.0 Å². The van der Waals surface area contributed by atoms with Crippen LogP contribution in [0.15, 0.2) is 72.9 Å². The van der Waals surface area contributed by atoms with Gasteiger partial charge in [0.05, 0.1) is 33.7 Å². The number of hydrogen-bond acceptors (Lipinski definition) is 7. The molecule has 2 N–H and O–H groups in total. The Bertz CT molecular complexity index is 1630. The van der Waals surface area contributed by atoms with Gasteiger partial charge in [-0.1, -0.05) is 38.1 Å². The number of pyridine rings is 1. The molecule has 5 rings (SSSR count). The minimum absolute atomic E-state index is 0.00108. The van der Waals surface area contributed by atoms with E-state index in [0.717, 1.165) is 50.4 Å². The number of phenols is 2. The van der Waals surface area contributed by atoms with Crippen molar-refractivity contribution in [3.63, 3.8) is 0 Å². The summed E-state index contributed by atoms with van der Waals surface area (Å²) >= 11 is 0. The molecule has 0 saturated carbocycles. The Balaban J connectivity index is 0.000000205. The van der Waals surface area contributed by atoms with Crippen molar-refractivity contribution < 1.29 is 19.8 Å². The lowest BCUT2D eigenvalue weighted by Crippen LogP contribution is -1.95. The topological polar surface area (TPSA) is 113 Å². The molecular formula is C32H31N3O4. The average Bonchev–Trinajstić information content (AvgIpc) is 2.96. The summed E-state index contributed by atoms with van der Waals surface area (Å²) in [7, 11) is 0. The van der Waals surface area contributed by atoms with Gasteiger partial charge in [0.2, 0.25) is 0 Å². The van der Waals surface area contributed by atoms with Crippen LogP contribution < -0.4 is 0 Å². The van der Waals surface area contributed by atoms with E-state index >= 15 is 0 Å². The second kappa shape index (κ2) is 13.1. The number of aromatic nitrogens is 3. The maximum absolute atomic E-state index is 11.0. The number of benzene rings is 3. The summed E-state index contributed by atoms with van der Waals surface area (Å²) in [4.78, 5) is 34.8. The highest BCUT2D eigenvalue weighted by Crippen LogP contribution is 2.31. The van der Waals surface area contributed by atoms with Crippen LogP contribution in [0.3, 0.4) is 0 Å². The van der Waals surface area contributed by atoms with Crippen molar-refractivity contribution in [2.75, 3.05) is 0 Å². The maximum atomic E-state index is 11.0.